The molecule has 0 bridgehead atoms. The van der Waals surface area contributed by atoms with Gasteiger partial charge in [0, 0.05) is 4.47 Å². The molecule has 0 saturated heterocycles. The highest BCUT2D eigenvalue weighted by atomic mass is 79.9. The van der Waals surface area contributed by atoms with E-state index < -0.39 is 40.3 Å². The lowest BCUT2D eigenvalue weighted by Crippen LogP contribution is -2.26. The Morgan fingerprint density at radius 1 is 1.23 bits per heavy atom. The fraction of sp³-hybridized carbons (Fsp3) is 0.150. The van der Waals surface area contributed by atoms with Crippen molar-refractivity contribution in [3.63, 3.8) is 0 Å². The molecule has 0 aliphatic carbocycles. The van der Waals surface area contributed by atoms with E-state index in [2.05, 4.69) is 20.9 Å². The molecule has 11 heteroatoms. The molecule has 0 atom stereocenters. The Bertz CT molecular complexity index is 1220. The average Bonchev–Trinajstić information content (AvgIpc) is 2.72. The standard InChI is InChI=1S/C20H12BrF4N3O3/c1-30-14-4-2-11(3-5-14)9-28-10-27-18(20(23,24)25)17(19(28)29)31-15-7-13(21)6-12(8-26)16(15)22/h2-7,10H,9H2,1H3. The van der Waals surface area contributed by atoms with Crippen LogP contribution in [0.4, 0.5) is 17.6 Å². The summed E-state index contributed by atoms with van der Waals surface area (Å²) in [7, 11) is 1.47. The van der Waals surface area contributed by atoms with Crippen LogP contribution >= 0.6 is 15.9 Å². The topological polar surface area (TPSA) is 77.1 Å². The zero-order valence-electron chi connectivity index (χ0n) is 15.7. The Morgan fingerprint density at radius 3 is 2.48 bits per heavy atom. The van der Waals surface area contributed by atoms with Crippen molar-refractivity contribution in [2.24, 2.45) is 0 Å². The summed E-state index contributed by atoms with van der Waals surface area (Å²) in [5, 5.41) is 8.98. The summed E-state index contributed by atoms with van der Waals surface area (Å²) in [4.78, 5) is 16.1. The van der Waals surface area contributed by atoms with Crippen LogP contribution in [0.15, 0.2) is 52.0 Å². The number of methoxy groups -OCH3 is 1. The highest BCUT2D eigenvalue weighted by molar-refractivity contribution is 9.10. The van der Waals surface area contributed by atoms with Crippen molar-refractivity contribution < 1.29 is 27.0 Å². The number of rotatable bonds is 5. The number of hydrogen-bond donors (Lipinski definition) is 0. The number of ether oxygens (including phenoxy) is 2. The summed E-state index contributed by atoms with van der Waals surface area (Å²) < 4.78 is 65.9. The number of halogens is 5. The molecule has 160 valence electrons. The minimum atomic E-state index is -5.03. The average molecular weight is 498 g/mol. The predicted molar refractivity (Wildman–Crippen MR) is 104 cm³/mol. The zero-order valence-corrected chi connectivity index (χ0v) is 17.3. The van der Waals surface area contributed by atoms with E-state index in [9.17, 15) is 22.4 Å². The van der Waals surface area contributed by atoms with Crippen LogP contribution in [0.1, 0.15) is 16.8 Å². The van der Waals surface area contributed by atoms with Gasteiger partial charge in [-0.25, -0.2) is 9.37 Å². The summed E-state index contributed by atoms with van der Waals surface area (Å²) in [5.74, 6) is -2.57. The SMILES string of the molecule is COc1ccc(Cn2cnc(C(F)(F)F)c(Oc3cc(Br)cc(C#N)c3F)c2=O)cc1. The normalized spacial score (nSPS) is 11.1. The quantitative estimate of drug-likeness (QED) is 0.469. The first-order valence-corrected chi connectivity index (χ1v) is 9.30. The van der Waals surface area contributed by atoms with Crippen molar-refractivity contribution >= 4 is 15.9 Å². The predicted octanol–water partition coefficient (Wildman–Crippen LogP) is 4.88. The van der Waals surface area contributed by atoms with Gasteiger partial charge in [-0.2, -0.15) is 18.4 Å². The summed E-state index contributed by atoms with van der Waals surface area (Å²) in [5.41, 5.74) is -2.67. The fourth-order valence-electron chi connectivity index (χ4n) is 2.63. The third-order valence-electron chi connectivity index (χ3n) is 4.11. The highest BCUT2D eigenvalue weighted by Gasteiger charge is 2.39. The van der Waals surface area contributed by atoms with Crippen LogP contribution in [0.5, 0.6) is 17.2 Å². The van der Waals surface area contributed by atoms with E-state index in [0.29, 0.717) is 11.3 Å². The number of nitriles is 1. The lowest BCUT2D eigenvalue weighted by molar-refractivity contribution is -0.142. The van der Waals surface area contributed by atoms with E-state index in [1.54, 1.807) is 30.3 Å². The van der Waals surface area contributed by atoms with E-state index in [0.717, 1.165) is 23.0 Å². The molecule has 1 heterocycles. The van der Waals surface area contributed by atoms with Crippen LogP contribution in [0, 0.1) is 17.1 Å². The molecule has 2 aromatic carbocycles. The second-order valence-corrected chi connectivity index (χ2v) is 7.10. The van der Waals surface area contributed by atoms with E-state index in [1.807, 2.05) is 0 Å². The molecule has 3 rings (SSSR count). The number of aromatic nitrogens is 2. The second kappa shape index (κ2) is 8.77. The molecule has 3 aromatic rings. The maximum atomic E-state index is 14.4. The van der Waals surface area contributed by atoms with Crippen molar-refractivity contribution in [2.75, 3.05) is 7.11 Å². The molecular weight excluding hydrogens is 486 g/mol. The molecule has 1 aromatic heterocycles. The number of benzene rings is 2. The molecular formula is C20H12BrF4N3O3. The minimum absolute atomic E-state index is 0.116. The van der Waals surface area contributed by atoms with Crippen molar-refractivity contribution in [1.29, 1.82) is 5.26 Å². The van der Waals surface area contributed by atoms with Gasteiger partial charge >= 0.3 is 6.18 Å². The lowest BCUT2D eigenvalue weighted by Gasteiger charge is -2.15. The Kier molecular flexibility index (Phi) is 6.31. The summed E-state index contributed by atoms with van der Waals surface area (Å²) in [6.07, 6.45) is -4.30. The van der Waals surface area contributed by atoms with Gasteiger partial charge in [0.05, 0.1) is 25.5 Å². The summed E-state index contributed by atoms with van der Waals surface area (Å²) in [6.45, 7) is -0.116. The van der Waals surface area contributed by atoms with Crippen molar-refractivity contribution in [1.82, 2.24) is 9.55 Å². The molecule has 0 amide bonds. The number of hydrogen-bond acceptors (Lipinski definition) is 5. The first-order chi connectivity index (χ1) is 14.6. The van der Waals surface area contributed by atoms with Gasteiger partial charge in [-0.15, -0.1) is 0 Å². The van der Waals surface area contributed by atoms with Crippen LogP contribution in [0.3, 0.4) is 0 Å². The Hall–Kier alpha value is -3.39. The fourth-order valence-corrected chi connectivity index (χ4v) is 3.07. The van der Waals surface area contributed by atoms with Gasteiger partial charge in [0.15, 0.2) is 17.3 Å². The second-order valence-electron chi connectivity index (χ2n) is 6.18. The maximum absolute atomic E-state index is 14.4. The van der Waals surface area contributed by atoms with Crippen LogP contribution in [0.2, 0.25) is 0 Å². The molecule has 31 heavy (non-hydrogen) atoms. The summed E-state index contributed by atoms with van der Waals surface area (Å²) in [6, 6.07) is 10.2. The Labute approximate surface area is 181 Å². The molecule has 0 unspecified atom stereocenters. The van der Waals surface area contributed by atoms with E-state index in [1.165, 1.54) is 7.11 Å². The Morgan fingerprint density at radius 2 is 1.90 bits per heavy atom. The number of alkyl halides is 3. The van der Waals surface area contributed by atoms with Crippen LogP contribution in [-0.4, -0.2) is 16.7 Å². The van der Waals surface area contributed by atoms with Gasteiger partial charge in [-0.05, 0) is 29.8 Å². The monoisotopic (exact) mass is 497 g/mol. The van der Waals surface area contributed by atoms with Crippen molar-refractivity contribution in [3.05, 3.63) is 80.2 Å². The number of nitrogens with zero attached hydrogens (tertiary/aromatic N) is 3. The highest BCUT2D eigenvalue weighted by Crippen LogP contribution is 2.36. The smallest absolute Gasteiger partial charge is 0.437 e. The summed E-state index contributed by atoms with van der Waals surface area (Å²) >= 11 is 3.02. The molecule has 0 spiro atoms. The molecule has 0 aliphatic rings. The van der Waals surface area contributed by atoms with E-state index >= 15 is 0 Å². The maximum Gasteiger partial charge on any atom is 0.437 e. The van der Waals surface area contributed by atoms with E-state index in [-0.39, 0.29) is 11.0 Å². The lowest BCUT2D eigenvalue weighted by atomic mass is 10.2. The van der Waals surface area contributed by atoms with Gasteiger partial charge in [0.1, 0.15) is 11.8 Å². The Balaban J connectivity index is 2.09. The molecule has 0 saturated carbocycles. The zero-order chi connectivity index (χ0) is 22.8. The van der Waals surface area contributed by atoms with Crippen molar-refractivity contribution in [3.8, 4) is 23.3 Å². The first-order valence-electron chi connectivity index (χ1n) is 8.50. The largest absolute Gasteiger partial charge is 0.497 e. The van der Waals surface area contributed by atoms with Crippen LogP contribution < -0.4 is 15.0 Å². The molecule has 0 aliphatic heterocycles. The van der Waals surface area contributed by atoms with Crippen LogP contribution in [-0.2, 0) is 12.7 Å². The third kappa shape index (κ3) is 4.86. The van der Waals surface area contributed by atoms with Gasteiger partial charge in [0.25, 0.3) is 5.56 Å². The van der Waals surface area contributed by atoms with E-state index in [4.69, 9.17) is 14.7 Å². The molecule has 0 N–H and O–H groups in total. The first kappa shape index (κ1) is 22.3. The van der Waals surface area contributed by atoms with Gasteiger partial charge in [-0.3, -0.25) is 9.36 Å². The van der Waals surface area contributed by atoms with Gasteiger partial charge in [-0.1, -0.05) is 28.1 Å². The molecule has 0 fully saturated rings. The van der Waals surface area contributed by atoms with Crippen molar-refractivity contribution in [2.45, 2.75) is 12.7 Å². The molecule has 0 radical (unpaired) electrons. The van der Waals surface area contributed by atoms with Gasteiger partial charge in [0.2, 0.25) is 5.75 Å². The molecule has 6 nitrogen and oxygen atoms in total. The third-order valence-corrected chi connectivity index (χ3v) is 4.57. The van der Waals surface area contributed by atoms with Crippen LogP contribution in [0.25, 0.3) is 0 Å². The van der Waals surface area contributed by atoms with Gasteiger partial charge < -0.3 is 9.47 Å². The minimum Gasteiger partial charge on any atom is -0.497 e.